The van der Waals surface area contributed by atoms with Crippen molar-refractivity contribution in [1.29, 1.82) is 0 Å². The highest BCUT2D eigenvalue weighted by Crippen LogP contribution is 2.55. The highest BCUT2D eigenvalue weighted by atomic mass is 16.7. The molecule has 4 heterocycles. The number of aromatic hydroxyl groups is 3. The van der Waals surface area contributed by atoms with E-state index in [-0.39, 0.29) is 44.5 Å². The average molecular weight is 893 g/mol. The van der Waals surface area contributed by atoms with E-state index in [1.54, 1.807) is 39.8 Å². The van der Waals surface area contributed by atoms with E-state index in [9.17, 15) is 39.9 Å². The average Bonchev–Trinajstić information content (AvgIpc) is 3.53. The topological polar surface area (TPSA) is 220 Å². The van der Waals surface area contributed by atoms with Gasteiger partial charge in [0.25, 0.3) is 11.7 Å². The van der Waals surface area contributed by atoms with Gasteiger partial charge in [-0.3, -0.25) is 24.3 Å². The normalized spacial score (nSPS) is 30.5. The number of fused-ring (bicyclic) bond motifs is 14. The molecule has 16 heteroatoms. The van der Waals surface area contributed by atoms with Crippen molar-refractivity contribution >= 4 is 40.3 Å². The van der Waals surface area contributed by atoms with Gasteiger partial charge in [0.2, 0.25) is 0 Å². The molecule has 1 fully saturated rings. The van der Waals surface area contributed by atoms with E-state index in [1.807, 2.05) is 5.01 Å². The Morgan fingerprint density at radius 1 is 0.938 bits per heavy atom. The summed E-state index contributed by atoms with van der Waals surface area (Å²) in [6.45, 7) is 18.5. The van der Waals surface area contributed by atoms with Gasteiger partial charge in [0, 0.05) is 87.3 Å². The molecule has 6 N–H and O–H groups in total. The van der Waals surface area contributed by atoms with Crippen molar-refractivity contribution < 1.29 is 58.9 Å². The second-order valence-corrected chi connectivity index (χ2v) is 17.7. The smallest absolute Gasteiger partial charge is 0.312 e. The summed E-state index contributed by atoms with van der Waals surface area (Å²) in [5, 5.41) is 67.5. The van der Waals surface area contributed by atoms with Crippen molar-refractivity contribution in [3.8, 4) is 23.0 Å². The summed E-state index contributed by atoms with van der Waals surface area (Å²) in [7, 11) is 1.44. The number of carbonyl (C=O) groups is 3. The van der Waals surface area contributed by atoms with Crippen molar-refractivity contribution in [3.05, 3.63) is 52.8 Å². The van der Waals surface area contributed by atoms with Gasteiger partial charge in [-0.2, -0.15) is 5.10 Å². The van der Waals surface area contributed by atoms with Gasteiger partial charge < -0.3 is 49.8 Å². The number of nitrogens with one attached hydrogen (secondary N) is 1. The Bertz CT molecular complexity index is 2160. The SMILES string of the molecule is CCCCCCN1CCN(/N=C/c2c3c(O)c4c(O)c(C)c5c(c4c2O)C(=O)[C@@](C)(O/C=C\[C@H](OC)[C@@H](C)[C@@H](OC(C)=O)[C@H](C)[C@H](O)[C@H](C)[C@@H](O)[C@@H](C)/C=C\C=C(\C)C(=O)N3)O5)CC1. The van der Waals surface area contributed by atoms with E-state index in [0.717, 1.165) is 32.5 Å². The number of phenols is 3. The number of hydrogen-bond donors (Lipinski definition) is 6. The van der Waals surface area contributed by atoms with E-state index < -0.39 is 88.8 Å². The number of aliphatic hydroxyl groups excluding tert-OH is 2. The number of nitrogens with zero attached hydrogens (tertiary/aromatic N) is 3. The first-order valence-corrected chi connectivity index (χ1v) is 22.4. The van der Waals surface area contributed by atoms with Gasteiger partial charge in [-0.15, -0.1) is 0 Å². The molecular weight excluding hydrogens is 825 g/mol. The molecule has 0 spiro atoms. The predicted molar refractivity (Wildman–Crippen MR) is 244 cm³/mol. The summed E-state index contributed by atoms with van der Waals surface area (Å²) in [5.41, 5.74) is -0.311. The zero-order valence-electron chi connectivity index (χ0n) is 38.9. The third kappa shape index (κ3) is 10.5. The number of aliphatic hydroxyl groups is 2. The lowest BCUT2D eigenvalue weighted by molar-refractivity contribution is -0.160. The number of esters is 1. The Morgan fingerprint density at radius 2 is 1.62 bits per heavy atom. The van der Waals surface area contributed by atoms with Crippen LogP contribution in [-0.2, 0) is 23.8 Å². The van der Waals surface area contributed by atoms with Gasteiger partial charge in [0.05, 0.1) is 53.0 Å². The number of ether oxygens (including phenoxy) is 4. The Kier molecular flexibility index (Phi) is 16.5. The van der Waals surface area contributed by atoms with E-state index >= 15 is 0 Å². The molecule has 4 aliphatic heterocycles. The summed E-state index contributed by atoms with van der Waals surface area (Å²) < 4.78 is 23.7. The fourth-order valence-corrected chi connectivity index (χ4v) is 8.85. The first-order valence-electron chi connectivity index (χ1n) is 22.4. The molecule has 1 amide bonds. The molecule has 352 valence electrons. The molecule has 64 heavy (non-hydrogen) atoms. The second kappa shape index (κ2) is 21.2. The monoisotopic (exact) mass is 892 g/mol. The van der Waals surface area contributed by atoms with Crippen LogP contribution < -0.4 is 10.1 Å². The fourth-order valence-electron chi connectivity index (χ4n) is 8.85. The number of piperazine rings is 1. The van der Waals surface area contributed by atoms with Crippen LogP contribution in [0.15, 0.2) is 41.2 Å². The number of allylic oxidation sites excluding steroid dienone is 2. The quantitative estimate of drug-likeness (QED) is 0.0536. The Balaban J connectivity index is 1.64. The van der Waals surface area contributed by atoms with Crippen LogP contribution in [0.3, 0.4) is 0 Å². The van der Waals surface area contributed by atoms with E-state index in [4.69, 9.17) is 18.9 Å². The summed E-state index contributed by atoms with van der Waals surface area (Å²) in [5.74, 6) is -8.31. The minimum absolute atomic E-state index is 0.0607. The molecule has 0 unspecified atom stereocenters. The largest absolute Gasteiger partial charge is 0.507 e. The number of amides is 1. The zero-order chi connectivity index (χ0) is 47.2. The minimum Gasteiger partial charge on any atom is -0.507 e. The first kappa shape index (κ1) is 49.8. The summed E-state index contributed by atoms with van der Waals surface area (Å²) >= 11 is 0. The van der Waals surface area contributed by atoms with Gasteiger partial charge in [-0.05, 0) is 32.9 Å². The number of hydrazone groups is 1. The molecule has 0 saturated carbocycles. The van der Waals surface area contributed by atoms with Crippen LogP contribution in [0.2, 0.25) is 0 Å². The number of phenolic OH excluding ortho intramolecular Hbond substituents is 3. The number of anilines is 1. The molecular formula is C48H68N4O12. The molecule has 2 aromatic rings. The number of Topliss-reactive ketones (excluding diaryl/α,β-unsaturated/α-hetero) is 1. The number of ketones is 1. The summed E-state index contributed by atoms with van der Waals surface area (Å²) in [6.07, 6.45) is 9.58. The lowest BCUT2D eigenvalue weighted by atomic mass is 9.78. The van der Waals surface area contributed by atoms with Gasteiger partial charge in [-0.25, -0.2) is 0 Å². The standard InChI is InChI=1S/C48H68N4O12/c1-11-12-13-14-19-51-20-22-52(23-21-51)49-25-33-38-43(58)36-35(42(33)57)37-45(31(7)41(36)56)64-48(9,46(37)59)62-24-18-34(61-10)28(4)44(63-32(8)53)30(6)40(55)29(5)39(54)26(2)16-15-17-27(3)47(60)50-38/h15-18,24-26,28-30,34,39-40,44,54-58H,11-14,19-23H2,1-10H3,(H,50,60)/b16-15-,24-18-,27-17-,49-25+/t26-,28+,29+,30+,34-,39-,40+,44+,48-/m0/s1. The van der Waals surface area contributed by atoms with Gasteiger partial charge in [0.1, 0.15) is 23.4 Å². The molecule has 1 saturated heterocycles. The van der Waals surface area contributed by atoms with Crippen molar-refractivity contribution in [1.82, 2.24) is 9.91 Å². The maximum Gasteiger partial charge on any atom is 0.312 e. The molecule has 9 atom stereocenters. The number of hydrogen-bond acceptors (Lipinski definition) is 15. The zero-order valence-corrected chi connectivity index (χ0v) is 38.9. The second-order valence-electron chi connectivity index (χ2n) is 17.7. The molecule has 0 radical (unpaired) electrons. The van der Waals surface area contributed by atoms with Crippen LogP contribution in [0.5, 0.6) is 23.0 Å². The van der Waals surface area contributed by atoms with Crippen molar-refractivity contribution in [3.63, 3.8) is 0 Å². The van der Waals surface area contributed by atoms with E-state index in [2.05, 4.69) is 22.2 Å². The predicted octanol–water partition coefficient (Wildman–Crippen LogP) is 6.29. The lowest BCUT2D eigenvalue weighted by Gasteiger charge is -2.38. The van der Waals surface area contributed by atoms with Crippen molar-refractivity contribution in [2.24, 2.45) is 28.8 Å². The molecule has 6 rings (SSSR count). The maximum atomic E-state index is 14.5. The number of methoxy groups -OCH3 is 1. The Morgan fingerprint density at radius 3 is 2.27 bits per heavy atom. The number of carbonyl (C=O) groups excluding carboxylic acids is 3. The highest BCUT2D eigenvalue weighted by Gasteiger charge is 2.50. The maximum absolute atomic E-state index is 14.5. The number of benzene rings is 2. The van der Waals surface area contributed by atoms with Crippen LogP contribution >= 0.6 is 0 Å². The Labute approximate surface area is 376 Å². The molecule has 0 aliphatic carbocycles. The minimum atomic E-state index is -2.05. The van der Waals surface area contributed by atoms with Gasteiger partial charge in [-0.1, -0.05) is 72.1 Å². The molecule has 16 nitrogen and oxygen atoms in total. The number of unbranched alkanes of at least 4 members (excludes halogenated alkanes) is 3. The van der Waals surface area contributed by atoms with Crippen LogP contribution in [0.25, 0.3) is 10.8 Å². The molecule has 0 aromatic heterocycles. The van der Waals surface area contributed by atoms with Gasteiger partial charge >= 0.3 is 11.8 Å². The van der Waals surface area contributed by atoms with Crippen LogP contribution in [0, 0.1) is 30.6 Å². The third-order valence-electron chi connectivity index (χ3n) is 13.1. The lowest BCUT2D eigenvalue weighted by Crippen LogP contribution is -2.46. The van der Waals surface area contributed by atoms with Crippen LogP contribution in [-0.4, -0.2) is 129 Å². The van der Waals surface area contributed by atoms with E-state index in [0.29, 0.717) is 13.1 Å². The molecule has 5 bridgehead atoms. The fraction of sp³-hybridized carbons (Fsp3) is 0.583. The van der Waals surface area contributed by atoms with Gasteiger partial charge in [0.15, 0.2) is 5.75 Å². The number of rotatable bonds is 9. The Hall–Kier alpha value is -5.16. The molecule has 4 aliphatic rings. The summed E-state index contributed by atoms with van der Waals surface area (Å²) in [6, 6.07) is 0. The van der Waals surface area contributed by atoms with Crippen LogP contribution in [0.1, 0.15) is 103 Å². The third-order valence-corrected chi connectivity index (χ3v) is 13.1. The van der Waals surface area contributed by atoms with E-state index in [1.165, 1.54) is 72.3 Å². The van der Waals surface area contributed by atoms with Crippen LogP contribution in [0.4, 0.5) is 5.69 Å². The molecule has 2 aromatic carbocycles. The highest BCUT2D eigenvalue weighted by molar-refractivity contribution is 6.23. The first-order chi connectivity index (χ1) is 30.3. The summed E-state index contributed by atoms with van der Waals surface area (Å²) in [4.78, 5) is 43.2. The van der Waals surface area contributed by atoms with Crippen molar-refractivity contribution in [2.45, 2.75) is 118 Å². The van der Waals surface area contributed by atoms with Crippen molar-refractivity contribution in [2.75, 3.05) is 45.2 Å².